The normalized spacial score (nSPS) is 17.3. The van der Waals surface area contributed by atoms with Crippen LogP contribution in [0.3, 0.4) is 0 Å². The van der Waals surface area contributed by atoms with E-state index in [-0.39, 0.29) is 5.91 Å². The molecule has 4 heteroatoms. The average Bonchev–Trinajstić information content (AvgIpc) is 3.42. The van der Waals surface area contributed by atoms with Gasteiger partial charge in [0.15, 0.2) is 0 Å². The molecule has 1 amide bonds. The Labute approximate surface area is 152 Å². The van der Waals surface area contributed by atoms with Gasteiger partial charge in [0.2, 0.25) is 5.91 Å². The molecule has 0 bridgehead atoms. The molecule has 1 aliphatic heterocycles. The first-order valence-electron chi connectivity index (χ1n) is 9.37. The Hall–Kier alpha value is -2.75. The number of aryl methyl sites for hydroxylation is 1. The van der Waals surface area contributed by atoms with Crippen LogP contribution in [-0.4, -0.2) is 22.4 Å². The zero-order valence-electron chi connectivity index (χ0n) is 14.9. The first-order chi connectivity index (χ1) is 12.7. The number of anilines is 1. The number of amides is 1. The maximum absolute atomic E-state index is 12.2. The maximum Gasteiger partial charge on any atom is 0.227 e. The lowest BCUT2D eigenvalue weighted by atomic mass is 9.99. The lowest BCUT2D eigenvalue weighted by molar-refractivity contribution is -0.117. The molecule has 3 heterocycles. The SMILES string of the molecule is Cc1cc2nc(-c3ccncc3)cc(C3CC3)c2cc1N1CCCC1=O. The Morgan fingerprint density at radius 2 is 1.92 bits per heavy atom. The monoisotopic (exact) mass is 343 g/mol. The van der Waals surface area contributed by atoms with Crippen LogP contribution in [0.25, 0.3) is 22.2 Å². The zero-order valence-corrected chi connectivity index (χ0v) is 14.9. The standard InChI is InChI=1S/C22H21N3O/c1-14-11-20-18(13-21(14)25-10-2-3-22(25)26)17(15-4-5-15)12-19(24-20)16-6-8-23-9-7-16/h6-9,11-13,15H,2-5,10H2,1H3. The van der Waals surface area contributed by atoms with Crippen molar-refractivity contribution < 1.29 is 4.79 Å². The summed E-state index contributed by atoms with van der Waals surface area (Å²) in [6.45, 7) is 2.91. The fourth-order valence-corrected chi connectivity index (χ4v) is 3.99. The predicted octanol–water partition coefficient (Wildman–Crippen LogP) is 4.61. The highest BCUT2D eigenvalue weighted by molar-refractivity contribution is 5.99. The fourth-order valence-electron chi connectivity index (χ4n) is 3.99. The number of hydrogen-bond acceptors (Lipinski definition) is 3. The number of hydrogen-bond donors (Lipinski definition) is 0. The van der Waals surface area contributed by atoms with Crippen molar-refractivity contribution in [3.63, 3.8) is 0 Å². The van der Waals surface area contributed by atoms with Crippen LogP contribution in [-0.2, 0) is 4.79 Å². The molecule has 0 radical (unpaired) electrons. The Morgan fingerprint density at radius 1 is 1.12 bits per heavy atom. The van der Waals surface area contributed by atoms with E-state index in [1.807, 2.05) is 29.4 Å². The second-order valence-corrected chi connectivity index (χ2v) is 7.41. The second kappa shape index (κ2) is 5.90. The van der Waals surface area contributed by atoms with Crippen LogP contribution < -0.4 is 4.90 Å². The van der Waals surface area contributed by atoms with E-state index in [0.717, 1.165) is 41.0 Å². The Morgan fingerprint density at radius 3 is 2.62 bits per heavy atom. The average molecular weight is 343 g/mol. The molecule has 26 heavy (non-hydrogen) atoms. The van der Waals surface area contributed by atoms with Crippen molar-refractivity contribution in [1.29, 1.82) is 0 Å². The molecule has 2 aromatic heterocycles. The summed E-state index contributed by atoms with van der Waals surface area (Å²) in [4.78, 5) is 23.2. The van der Waals surface area contributed by atoms with Crippen molar-refractivity contribution in [2.24, 2.45) is 0 Å². The molecule has 5 rings (SSSR count). The summed E-state index contributed by atoms with van der Waals surface area (Å²) in [6.07, 6.45) is 7.70. The molecule has 3 aromatic rings. The van der Waals surface area contributed by atoms with Crippen LogP contribution in [0, 0.1) is 6.92 Å². The summed E-state index contributed by atoms with van der Waals surface area (Å²) < 4.78 is 0. The number of pyridine rings is 2. The van der Waals surface area contributed by atoms with Gasteiger partial charge in [-0.05, 0) is 73.6 Å². The Kier molecular flexibility index (Phi) is 3.52. The molecule has 4 nitrogen and oxygen atoms in total. The molecule has 2 aliphatic rings. The highest BCUT2D eigenvalue weighted by atomic mass is 16.2. The number of benzene rings is 1. The molecular weight excluding hydrogens is 322 g/mol. The largest absolute Gasteiger partial charge is 0.312 e. The lowest BCUT2D eigenvalue weighted by Gasteiger charge is -2.20. The minimum Gasteiger partial charge on any atom is -0.312 e. The summed E-state index contributed by atoms with van der Waals surface area (Å²) in [5, 5.41) is 1.20. The fraction of sp³-hybridized carbons (Fsp3) is 0.318. The van der Waals surface area contributed by atoms with Gasteiger partial charge in [0.1, 0.15) is 0 Å². The molecular formula is C22H21N3O. The van der Waals surface area contributed by atoms with Gasteiger partial charge in [-0.1, -0.05) is 0 Å². The van der Waals surface area contributed by atoms with Crippen molar-refractivity contribution in [3.05, 3.63) is 53.9 Å². The topological polar surface area (TPSA) is 46.1 Å². The molecule has 1 aromatic carbocycles. The predicted molar refractivity (Wildman–Crippen MR) is 103 cm³/mol. The van der Waals surface area contributed by atoms with E-state index in [0.29, 0.717) is 12.3 Å². The highest BCUT2D eigenvalue weighted by Gasteiger charge is 2.28. The minimum atomic E-state index is 0.238. The van der Waals surface area contributed by atoms with Crippen molar-refractivity contribution in [2.45, 2.75) is 38.5 Å². The van der Waals surface area contributed by atoms with Crippen LogP contribution in [0.2, 0.25) is 0 Å². The van der Waals surface area contributed by atoms with E-state index in [1.165, 1.54) is 23.8 Å². The summed E-state index contributed by atoms with van der Waals surface area (Å²) in [5.41, 5.74) is 6.67. The number of carbonyl (C=O) groups excluding carboxylic acids is 1. The summed E-state index contributed by atoms with van der Waals surface area (Å²) in [5.74, 6) is 0.854. The van der Waals surface area contributed by atoms with E-state index >= 15 is 0 Å². The first kappa shape index (κ1) is 15.5. The van der Waals surface area contributed by atoms with Crippen LogP contribution in [0.5, 0.6) is 0 Å². The van der Waals surface area contributed by atoms with E-state index < -0.39 is 0 Å². The van der Waals surface area contributed by atoms with E-state index in [1.54, 1.807) is 0 Å². The van der Waals surface area contributed by atoms with Crippen LogP contribution in [0.1, 0.15) is 42.7 Å². The second-order valence-electron chi connectivity index (χ2n) is 7.41. The Bertz CT molecular complexity index is 1010. The molecule has 0 spiro atoms. The van der Waals surface area contributed by atoms with Crippen molar-refractivity contribution >= 4 is 22.5 Å². The van der Waals surface area contributed by atoms with Crippen molar-refractivity contribution in [1.82, 2.24) is 9.97 Å². The third-order valence-corrected chi connectivity index (χ3v) is 5.52. The molecule has 130 valence electrons. The van der Waals surface area contributed by atoms with Gasteiger partial charge >= 0.3 is 0 Å². The zero-order chi connectivity index (χ0) is 17.7. The molecule has 0 unspecified atom stereocenters. The molecule has 1 aliphatic carbocycles. The van der Waals surface area contributed by atoms with Gasteiger partial charge < -0.3 is 4.90 Å². The van der Waals surface area contributed by atoms with Gasteiger partial charge in [0.25, 0.3) is 0 Å². The van der Waals surface area contributed by atoms with Crippen LogP contribution in [0.4, 0.5) is 5.69 Å². The van der Waals surface area contributed by atoms with E-state index in [4.69, 9.17) is 4.98 Å². The van der Waals surface area contributed by atoms with Crippen LogP contribution in [0.15, 0.2) is 42.7 Å². The van der Waals surface area contributed by atoms with Gasteiger partial charge in [-0.3, -0.25) is 9.78 Å². The Balaban J connectivity index is 1.71. The quantitative estimate of drug-likeness (QED) is 0.698. The van der Waals surface area contributed by atoms with Gasteiger partial charge in [-0.15, -0.1) is 0 Å². The van der Waals surface area contributed by atoms with Crippen molar-refractivity contribution in [3.8, 4) is 11.3 Å². The van der Waals surface area contributed by atoms with Gasteiger partial charge in [-0.2, -0.15) is 0 Å². The number of fused-ring (bicyclic) bond motifs is 1. The number of aromatic nitrogens is 2. The third kappa shape index (κ3) is 2.57. The third-order valence-electron chi connectivity index (χ3n) is 5.52. The van der Waals surface area contributed by atoms with E-state index in [9.17, 15) is 4.79 Å². The smallest absolute Gasteiger partial charge is 0.227 e. The van der Waals surface area contributed by atoms with Crippen molar-refractivity contribution in [2.75, 3.05) is 11.4 Å². The number of rotatable bonds is 3. The molecule has 0 atom stereocenters. The molecule has 1 saturated carbocycles. The summed E-state index contributed by atoms with van der Waals surface area (Å²) in [7, 11) is 0. The van der Waals surface area contributed by atoms with Crippen LogP contribution >= 0.6 is 0 Å². The molecule has 1 saturated heterocycles. The first-order valence-corrected chi connectivity index (χ1v) is 9.37. The van der Waals surface area contributed by atoms with Gasteiger partial charge in [-0.25, -0.2) is 4.98 Å². The van der Waals surface area contributed by atoms with E-state index in [2.05, 4.69) is 30.1 Å². The highest BCUT2D eigenvalue weighted by Crippen LogP contribution is 2.45. The summed E-state index contributed by atoms with van der Waals surface area (Å²) >= 11 is 0. The number of nitrogens with zero attached hydrogens (tertiary/aromatic N) is 3. The minimum absolute atomic E-state index is 0.238. The van der Waals surface area contributed by atoms with Gasteiger partial charge in [0, 0.05) is 42.0 Å². The summed E-state index contributed by atoms with van der Waals surface area (Å²) in [6, 6.07) is 10.6. The molecule has 2 fully saturated rings. The molecule has 0 N–H and O–H groups in total. The maximum atomic E-state index is 12.2. The number of carbonyl (C=O) groups is 1. The van der Waals surface area contributed by atoms with Gasteiger partial charge in [0.05, 0.1) is 11.2 Å². The lowest BCUT2D eigenvalue weighted by Crippen LogP contribution is -2.24.